The molecule has 2 aliphatic rings. The van der Waals surface area contributed by atoms with Crippen LogP contribution < -0.4 is 5.32 Å². The predicted octanol–water partition coefficient (Wildman–Crippen LogP) is 1.49. The Balaban J connectivity index is 1.49. The van der Waals surface area contributed by atoms with E-state index in [1.165, 1.54) is 4.90 Å². The van der Waals surface area contributed by atoms with Crippen LogP contribution in [0.1, 0.15) is 40.0 Å². The summed E-state index contributed by atoms with van der Waals surface area (Å²) in [6, 6.07) is 6.53. The largest absolute Gasteiger partial charge is 0.481 e. The van der Waals surface area contributed by atoms with Gasteiger partial charge in [-0.3, -0.25) is 19.3 Å². The number of rotatable bonds is 6. The zero-order chi connectivity index (χ0) is 19.4. The topological polar surface area (TPSA) is 107 Å². The molecule has 1 aromatic carbocycles. The first kappa shape index (κ1) is 18.6. The fraction of sp³-hybridized carbons (Fsp3) is 0.368. The van der Waals surface area contributed by atoms with E-state index >= 15 is 0 Å². The zero-order valence-electron chi connectivity index (χ0n) is 14.8. The molecule has 0 aromatic heterocycles. The van der Waals surface area contributed by atoms with Gasteiger partial charge in [-0.2, -0.15) is 0 Å². The first-order valence-corrected chi connectivity index (χ1v) is 8.85. The van der Waals surface area contributed by atoms with E-state index in [-0.39, 0.29) is 30.8 Å². The molecule has 0 spiro atoms. The number of carbonyl (C=O) groups is 4. The van der Waals surface area contributed by atoms with Crippen LogP contribution in [0.2, 0.25) is 0 Å². The first-order valence-electron chi connectivity index (χ1n) is 8.85. The standard InChI is InChI=1S/C19H21N3O5/c23-16(24)5-9-20-19(27)21-10-6-13(7-11-21)8-12-22-17(25)14-3-1-2-4-15(14)18(22)26/h1-4,6H,5,7-12H2,(H,20,27)(H,23,24). The van der Waals surface area contributed by atoms with E-state index in [0.717, 1.165) is 5.57 Å². The minimum absolute atomic E-state index is 0.0982. The van der Waals surface area contributed by atoms with Crippen molar-refractivity contribution in [2.45, 2.75) is 19.3 Å². The molecule has 0 atom stereocenters. The van der Waals surface area contributed by atoms with Gasteiger partial charge in [0.25, 0.3) is 11.8 Å². The van der Waals surface area contributed by atoms with Crippen LogP contribution in [-0.2, 0) is 4.79 Å². The molecule has 8 heteroatoms. The number of nitrogens with zero attached hydrogens (tertiary/aromatic N) is 2. The summed E-state index contributed by atoms with van der Waals surface area (Å²) in [6.07, 6.45) is 3.06. The molecule has 0 fully saturated rings. The highest BCUT2D eigenvalue weighted by Gasteiger charge is 2.34. The molecule has 0 radical (unpaired) electrons. The molecule has 8 nitrogen and oxygen atoms in total. The van der Waals surface area contributed by atoms with Crippen molar-refractivity contribution in [1.29, 1.82) is 0 Å². The van der Waals surface area contributed by atoms with Crippen molar-refractivity contribution in [1.82, 2.24) is 15.1 Å². The molecular weight excluding hydrogens is 350 g/mol. The average Bonchev–Trinajstić information content (AvgIpc) is 2.91. The van der Waals surface area contributed by atoms with Crippen LogP contribution in [0, 0.1) is 0 Å². The summed E-state index contributed by atoms with van der Waals surface area (Å²) in [5, 5.41) is 11.2. The summed E-state index contributed by atoms with van der Waals surface area (Å²) < 4.78 is 0. The SMILES string of the molecule is O=C(O)CCNC(=O)N1CC=C(CCN2C(=O)c3ccccc3C2=O)CC1. The lowest BCUT2D eigenvalue weighted by molar-refractivity contribution is -0.136. The quantitative estimate of drug-likeness (QED) is 0.582. The third kappa shape index (κ3) is 4.16. The maximum atomic E-state index is 12.4. The molecule has 4 amide bonds. The molecule has 27 heavy (non-hydrogen) atoms. The van der Waals surface area contributed by atoms with Gasteiger partial charge in [0.15, 0.2) is 0 Å². The Kier molecular flexibility index (Phi) is 5.54. The lowest BCUT2D eigenvalue weighted by Crippen LogP contribution is -2.43. The van der Waals surface area contributed by atoms with Gasteiger partial charge >= 0.3 is 12.0 Å². The number of amides is 4. The van der Waals surface area contributed by atoms with Gasteiger partial charge < -0.3 is 15.3 Å². The smallest absolute Gasteiger partial charge is 0.317 e. The van der Waals surface area contributed by atoms with Gasteiger partial charge in [0.05, 0.1) is 17.5 Å². The zero-order valence-corrected chi connectivity index (χ0v) is 14.8. The van der Waals surface area contributed by atoms with Crippen LogP contribution in [-0.4, -0.2) is 64.9 Å². The van der Waals surface area contributed by atoms with E-state index < -0.39 is 5.97 Å². The Hall–Kier alpha value is -3.16. The molecule has 2 N–H and O–H groups in total. The molecule has 2 heterocycles. The number of carbonyl (C=O) groups excluding carboxylic acids is 3. The van der Waals surface area contributed by atoms with Crippen LogP contribution in [0.4, 0.5) is 4.79 Å². The van der Waals surface area contributed by atoms with Crippen molar-refractivity contribution in [3.8, 4) is 0 Å². The summed E-state index contributed by atoms with van der Waals surface area (Å²) in [5.41, 5.74) is 2.00. The molecule has 0 saturated heterocycles. The minimum Gasteiger partial charge on any atom is -0.481 e. The molecule has 3 rings (SSSR count). The third-order valence-corrected chi connectivity index (χ3v) is 4.74. The highest BCUT2D eigenvalue weighted by molar-refractivity contribution is 6.21. The van der Waals surface area contributed by atoms with Gasteiger partial charge in [-0.25, -0.2) is 4.79 Å². The second-order valence-corrected chi connectivity index (χ2v) is 6.49. The summed E-state index contributed by atoms with van der Waals surface area (Å²) >= 11 is 0. The number of hydrogen-bond donors (Lipinski definition) is 2. The number of hydrogen-bond acceptors (Lipinski definition) is 4. The van der Waals surface area contributed by atoms with Crippen LogP contribution in [0.3, 0.4) is 0 Å². The molecule has 0 bridgehead atoms. The molecule has 2 aliphatic heterocycles. The summed E-state index contributed by atoms with van der Waals surface area (Å²) in [7, 11) is 0. The Bertz CT molecular complexity index is 782. The number of urea groups is 1. The van der Waals surface area contributed by atoms with Crippen LogP contribution >= 0.6 is 0 Å². The van der Waals surface area contributed by atoms with Gasteiger partial charge in [-0.1, -0.05) is 23.8 Å². The van der Waals surface area contributed by atoms with E-state index in [0.29, 0.717) is 43.6 Å². The van der Waals surface area contributed by atoms with Crippen molar-refractivity contribution in [2.75, 3.05) is 26.2 Å². The van der Waals surface area contributed by atoms with E-state index in [9.17, 15) is 19.2 Å². The normalized spacial score (nSPS) is 16.2. The van der Waals surface area contributed by atoms with Crippen LogP contribution in [0.25, 0.3) is 0 Å². The number of carboxylic acid groups (broad SMARTS) is 1. The first-order chi connectivity index (χ1) is 13.0. The van der Waals surface area contributed by atoms with E-state index in [2.05, 4.69) is 5.32 Å². The van der Waals surface area contributed by atoms with E-state index in [1.807, 2.05) is 6.08 Å². The molecule has 142 valence electrons. The number of imide groups is 1. The number of aliphatic carboxylic acids is 1. The summed E-state index contributed by atoms with van der Waals surface area (Å²) in [5.74, 6) is -1.47. The number of fused-ring (bicyclic) bond motifs is 1. The second kappa shape index (κ2) is 8.03. The van der Waals surface area contributed by atoms with Gasteiger partial charge in [0.1, 0.15) is 0 Å². The van der Waals surface area contributed by atoms with Crippen molar-refractivity contribution in [3.63, 3.8) is 0 Å². The lowest BCUT2D eigenvalue weighted by atomic mass is 10.0. The third-order valence-electron chi connectivity index (χ3n) is 4.74. The van der Waals surface area contributed by atoms with Crippen molar-refractivity contribution >= 4 is 23.8 Å². The van der Waals surface area contributed by atoms with Gasteiger partial charge in [0.2, 0.25) is 0 Å². The molecular formula is C19H21N3O5. The highest BCUT2D eigenvalue weighted by Crippen LogP contribution is 2.24. The lowest BCUT2D eigenvalue weighted by Gasteiger charge is -2.27. The van der Waals surface area contributed by atoms with Crippen LogP contribution in [0.15, 0.2) is 35.9 Å². The minimum atomic E-state index is -0.954. The second-order valence-electron chi connectivity index (χ2n) is 6.49. The maximum absolute atomic E-state index is 12.4. The maximum Gasteiger partial charge on any atom is 0.317 e. The Morgan fingerprint density at radius 1 is 1.11 bits per heavy atom. The Morgan fingerprint density at radius 2 is 1.78 bits per heavy atom. The Morgan fingerprint density at radius 3 is 2.33 bits per heavy atom. The number of nitrogens with one attached hydrogen (secondary N) is 1. The summed E-state index contributed by atoms with van der Waals surface area (Å²) in [6.45, 7) is 1.37. The van der Waals surface area contributed by atoms with E-state index in [4.69, 9.17) is 5.11 Å². The Labute approximate surface area is 156 Å². The number of benzene rings is 1. The fourth-order valence-electron chi connectivity index (χ4n) is 3.21. The monoisotopic (exact) mass is 371 g/mol. The van der Waals surface area contributed by atoms with Crippen molar-refractivity contribution in [2.24, 2.45) is 0 Å². The molecule has 1 aromatic rings. The van der Waals surface area contributed by atoms with E-state index in [1.54, 1.807) is 29.2 Å². The van der Waals surface area contributed by atoms with Gasteiger partial charge in [0, 0.05) is 26.2 Å². The molecule has 0 aliphatic carbocycles. The fourth-order valence-corrected chi connectivity index (χ4v) is 3.21. The highest BCUT2D eigenvalue weighted by atomic mass is 16.4. The average molecular weight is 371 g/mol. The van der Waals surface area contributed by atoms with Gasteiger partial charge in [-0.15, -0.1) is 0 Å². The van der Waals surface area contributed by atoms with Crippen molar-refractivity contribution in [3.05, 3.63) is 47.0 Å². The number of carboxylic acids is 1. The molecule has 0 unspecified atom stereocenters. The van der Waals surface area contributed by atoms with Crippen LogP contribution in [0.5, 0.6) is 0 Å². The summed E-state index contributed by atoms with van der Waals surface area (Å²) in [4.78, 5) is 50.0. The predicted molar refractivity (Wildman–Crippen MR) is 96.4 cm³/mol. The van der Waals surface area contributed by atoms with Crippen molar-refractivity contribution < 1.29 is 24.3 Å². The molecule has 0 saturated carbocycles. The van der Waals surface area contributed by atoms with Gasteiger partial charge in [-0.05, 0) is 25.0 Å².